The molecule has 1 aliphatic heterocycles. The molecule has 1 atom stereocenters. The van der Waals surface area contributed by atoms with Crippen LogP contribution in [0.2, 0.25) is 0 Å². The molecule has 86 valence electrons. The lowest BCUT2D eigenvalue weighted by Gasteiger charge is -2.21. The maximum Gasteiger partial charge on any atom is 0.328 e. The zero-order chi connectivity index (χ0) is 11.6. The number of hydrogen-bond donors (Lipinski definition) is 1. The zero-order valence-electron chi connectivity index (χ0n) is 9.30. The van der Waals surface area contributed by atoms with Gasteiger partial charge in [0.15, 0.2) is 0 Å². The van der Waals surface area contributed by atoms with Gasteiger partial charge in [-0.3, -0.25) is 0 Å². The van der Waals surface area contributed by atoms with E-state index in [1.807, 2.05) is 19.0 Å². The molecule has 0 radical (unpaired) electrons. The summed E-state index contributed by atoms with van der Waals surface area (Å²) in [7, 11) is 5.40. The zero-order valence-corrected chi connectivity index (χ0v) is 9.30. The third-order valence-corrected chi connectivity index (χ3v) is 2.47. The predicted octanol–water partition coefficient (Wildman–Crippen LogP) is -0.631. The first-order valence-electron chi connectivity index (χ1n) is 4.82. The number of urea groups is 1. The smallest absolute Gasteiger partial charge is 0.328 e. The van der Waals surface area contributed by atoms with E-state index in [0.717, 1.165) is 0 Å². The van der Waals surface area contributed by atoms with Gasteiger partial charge in [-0.25, -0.2) is 9.59 Å². The third kappa shape index (κ3) is 2.59. The van der Waals surface area contributed by atoms with Crippen molar-refractivity contribution in [3.63, 3.8) is 0 Å². The molecule has 0 aliphatic carbocycles. The second kappa shape index (κ2) is 4.48. The van der Waals surface area contributed by atoms with E-state index in [4.69, 9.17) is 5.11 Å². The molecular weight excluding hydrogens is 198 g/mol. The molecule has 1 heterocycles. The minimum atomic E-state index is -0.938. The number of carbonyl (C=O) groups excluding carboxylic acids is 1. The number of rotatable bonds is 4. The molecule has 2 amide bonds. The summed E-state index contributed by atoms with van der Waals surface area (Å²) in [6.45, 7) is 1.39. The van der Waals surface area contributed by atoms with Crippen LogP contribution < -0.4 is 0 Å². The van der Waals surface area contributed by atoms with Crippen molar-refractivity contribution in [3.05, 3.63) is 0 Å². The summed E-state index contributed by atoms with van der Waals surface area (Å²) < 4.78 is 0. The molecule has 1 N–H and O–H groups in total. The quantitative estimate of drug-likeness (QED) is 0.678. The molecule has 0 spiro atoms. The van der Waals surface area contributed by atoms with Gasteiger partial charge < -0.3 is 19.8 Å². The summed E-state index contributed by atoms with van der Waals surface area (Å²) in [5.41, 5.74) is 0. The van der Waals surface area contributed by atoms with Crippen molar-refractivity contribution in [1.29, 1.82) is 0 Å². The summed E-state index contributed by atoms with van der Waals surface area (Å²) in [4.78, 5) is 27.3. The molecule has 6 nitrogen and oxygen atoms in total. The highest BCUT2D eigenvalue weighted by molar-refractivity contribution is 5.86. The maximum atomic E-state index is 11.6. The Bertz CT molecular complexity index is 267. The molecular formula is C9H17N3O3. The molecule has 0 saturated carbocycles. The van der Waals surface area contributed by atoms with Gasteiger partial charge >= 0.3 is 12.0 Å². The fourth-order valence-electron chi connectivity index (χ4n) is 1.56. The van der Waals surface area contributed by atoms with Crippen molar-refractivity contribution in [2.45, 2.75) is 6.04 Å². The summed E-state index contributed by atoms with van der Waals surface area (Å²) in [6.07, 6.45) is 0. The molecule has 1 aliphatic rings. The van der Waals surface area contributed by atoms with Crippen molar-refractivity contribution in [2.24, 2.45) is 0 Å². The number of likely N-dealkylation sites (N-methyl/N-ethyl adjacent to an activating group) is 2. The van der Waals surface area contributed by atoms with Crippen LogP contribution in [0.4, 0.5) is 4.79 Å². The van der Waals surface area contributed by atoms with Gasteiger partial charge in [-0.15, -0.1) is 0 Å². The Balaban J connectivity index is 2.64. The molecule has 1 unspecified atom stereocenters. The van der Waals surface area contributed by atoms with E-state index >= 15 is 0 Å². The van der Waals surface area contributed by atoms with Crippen LogP contribution in [0.1, 0.15) is 0 Å². The molecule has 1 fully saturated rings. The molecule has 1 rings (SSSR count). The SMILES string of the molecule is CN(C)CCN1C(=O)N(C)CC1C(=O)O. The van der Waals surface area contributed by atoms with Crippen molar-refractivity contribution >= 4 is 12.0 Å². The first-order valence-corrected chi connectivity index (χ1v) is 4.82. The normalized spacial score (nSPS) is 21.6. The van der Waals surface area contributed by atoms with E-state index in [0.29, 0.717) is 13.1 Å². The maximum absolute atomic E-state index is 11.6. The number of carbonyl (C=O) groups is 2. The Hall–Kier alpha value is -1.30. The molecule has 6 heteroatoms. The van der Waals surface area contributed by atoms with Gasteiger partial charge in [-0.2, -0.15) is 0 Å². The van der Waals surface area contributed by atoms with Crippen LogP contribution in [-0.4, -0.2) is 78.6 Å². The number of aliphatic carboxylic acids is 1. The van der Waals surface area contributed by atoms with Crippen LogP contribution in [0.25, 0.3) is 0 Å². The average Bonchev–Trinajstić information content (AvgIpc) is 2.41. The number of carboxylic acids is 1. The second-order valence-electron chi connectivity index (χ2n) is 4.01. The van der Waals surface area contributed by atoms with E-state index < -0.39 is 12.0 Å². The highest BCUT2D eigenvalue weighted by Crippen LogP contribution is 2.13. The lowest BCUT2D eigenvalue weighted by Crippen LogP contribution is -2.42. The lowest BCUT2D eigenvalue weighted by atomic mass is 10.3. The van der Waals surface area contributed by atoms with E-state index in [1.165, 1.54) is 9.80 Å². The predicted molar refractivity (Wildman–Crippen MR) is 54.7 cm³/mol. The first kappa shape index (κ1) is 11.8. The highest BCUT2D eigenvalue weighted by Gasteiger charge is 2.39. The monoisotopic (exact) mass is 215 g/mol. The molecule has 0 aromatic heterocycles. The van der Waals surface area contributed by atoms with Crippen LogP contribution in [-0.2, 0) is 4.79 Å². The average molecular weight is 215 g/mol. The van der Waals surface area contributed by atoms with Crippen LogP contribution in [0.15, 0.2) is 0 Å². The number of hydrogen-bond acceptors (Lipinski definition) is 3. The number of amides is 2. The molecule has 0 aromatic carbocycles. The summed E-state index contributed by atoms with van der Waals surface area (Å²) >= 11 is 0. The topological polar surface area (TPSA) is 64.1 Å². The Kier molecular flexibility index (Phi) is 3.52. The Morgan fingerprint density at radius 1 is 1.60 bits per heavy atom. The Morgan fingerprint density at radius 3 is 2.67 bits per heavy atom. The minimum absolute atomic E-state index is 0.204. The molecule has 0 bridgehead atoms. The molecule has 15 heavy (non-hydrogen) atoms. The van der Waals surface area contributed by atoms with Gasteiger partial charge in [0, 0.05) is 20.1 Å². The van der Waals surface area contributed by atoms with E-state index in [9.17, 15) is 9.59 Å². The highest BCUT2D eigenvalue weighted by atomic mass is 16.4. The summed E-state index contributed by atoms with van der Waals surface area (Å²) in [6, 6.07) is -0.910. The largest absolute Gasteiger partial charge is 0.480 e. The van der Waals surface area contributed by atoms with E-state index in [1.54, 1.807) is 7.05 Å². The fraction of sp³-hybridized carbons (Fsp3) is 0.778. The van der Waals surface area contributed by atoms with Crippen molar-refractivity contribution < 1.29 is 14.7 Å². The molecule has 0 aromatic rings. The van der Waals surface area contributed by atoms with Crippen LogP contribution >= 0.6 is 0 Å². The van der Waals surface area contributed by atoms with Crippen molar-refractivity contribution in [1.82, 2.24) is 14.7 Å². The van der Waals surface area contributed by atoms with Crippen molar-refractivity contribution in [2.75, 3.05) is 40.8 Å². The number of carboxylic acid groups (broad SMARTS) is 1. The minimum Gasteiger partial charge on any atom is -0.480 e. The third-order valence-electron chi connectivity index (χ3n) is 2.47. The van der Waals surface area contributed by atoms with Gasteiger partial charge in [0.1, 0.15) is 6.04 Å². The van der Waals surface area contributed by atoms with Gasteiger partial charge in [0.05, 0.1) is 6.54 Å². The van der Waals surface area contributed by atoms with Crippen LogP contribution in [0.5, 0.6) is 0 Å². The summed E-state index contributed by atoms with van der Waals surface area (Å²) in [5, 5.41) is 8.95. The van der Waals surface area contributed by atoms with Crippen LogP contribution in [0, 0.1) is 0 Å². The number of nitrogens with zero attached hydrogens (tertiary/aromatic N) is 3. The molecule has 1 saturated heterocycles. The Labute approximate surface area is 89.0 Å². The van der Waals surface area contributed by atoms with Gasteiger partial charge in [-0.1, -0.05) is 0 Å². The Morgan fingerprint density at radius 2 is 2.20 bits per heavy atom. The summed E-state index contributed by atoms with van der Waals surface area (Å²) in [5.74, 6) is -0.938. The van der Waals surface area contributed by atoms with Gasteiger partial charge in [-0.05, 0) is 14.1 Å². The van der Waals surface area contributed by atoms with Crippen molar-refractivity contribution in [3.8, 4) is 0 Å². The van der Waals surface area contributed by atoms with E-state index in [2.05, 4.69) is 0 Å². The second-order valence-corrected chi connectivity index (χ2v) is 4.01. The van der Waals surface area contributed by atoms with Gasteiger partial charge in [0.25, 0.3) is 0 Å². The fourth-order valence-corrected chi connectivity index (χ4v) is 1.56. The van der Waals surface area contributed by atoms with Gasteiger partial charge in [0.2, 0.25) is 0 Å². The standard InChI is InChI=1S/C9H17N3O3/c1-10(2)4-5-12-7(8(13)14)6-11(3)9(12)15/h7H,4-6H2,1-3H3,(H,13,14). The first-order chi connectivity index (χ1) is 6.93. The lowest BCUT2D eigenvalue weighted by molar-refractivity contribution is -0.141. The van der Waals surface area contributed by atoms with Crippen LogP contribution in [0.3, 0.4) is 0 Å². The van der Waals surface area contributed by atoms with E-state index in [-0.39, 0.29) is 12.6 Å².